The van der Waals surface area contributed by atoms with Crippen LogP contribution in [0.25, 0.3) is 0 Å². The Morgan fingerprint density at radius 3 is 2.64 bits per heavy atom. The number of carbonyl (C=O) groups excluding carboxylic acids is 1. The van der Waals surface area contributed by atoms with Crippen LogP contribution in [0.15, 0.2) is 0 Å². The van der Waals surface area contributed by atoms with Gasteiger partial charge in [-0.2, -0.15) is 0 Å². The zero-order chi connectivity index (χ0) is 11.0. The first-order valence-corrected chi connectivity index (χ1v) is 5.32. The molecular formula is C11H23NO2. The first kappa shape index (κ1) is 13.6. The SMILES string of the molecule is CCC(C)C(=O)CN(C)CCCOC. The number of carbonyl (C=O) groups is 1. The fourth-order valence-electron chi connectivity index (χ4n) is 1.21. The minimum atomic E-state index is 0.194. The lowest BCUT2D eigenvalue weighted by Crippen LogP contribution is -2.30. The number of rotatable bonds is 8. The van der Waals surface area contributed by atoms with Crippen LogP contribution in [0.2, 0.25) is 0 Å². The molecule has 0 aromatic rings. The molecule has 0 fully saturated rings. The van der Waals surface area contributed by atoms with Crippen molar-refractivity contribution in [3.8, 4) is 0 Å². The molecule has 0 saturated carbocycles. The highest BCUT2D eigenvalue weighted by Gasteiger charge is 2.12. The zero-order valence-corrected chi connectivity index (χ0v) is 9.88. The van der Waals surface area contributed by atoms with E-state index in [0.29, 0.717) is 12.3 Å². The van der Waals surface area contributed by atoms with Crippen LogP contribution in [0.4, 0.5) is 0 Å². The molecule has 1 unspecified atom stereocenters. The molecule has 0 aliphatic rings. The topological polar surface area (TPSA) is 29.5 Å². The maximum atomic E-state index is 11.5. The smallest absolute Gasteiger partial charge is 0.149 e. The minimum Gasteiger partial charge on any atom is -0.385 e. The molecule has 0 aromatic carbocycles. The van der Waals surface area contributed by atoms with Crippen molar-refractivity contribution < 1.29 is 9.53 Å². The Labute approximate surface area is 87.4 Å². The lowest BCUT2D eigenvalue weighted by Gasteiger charge is -2.17. The summed E-state index contributed by atoms with van der Waals surface area (Å²) < 4.78 is 4.95. The minimum absolute atomic E-state index is 0.194. The van der Waals surface area contributed by atoms with Gasteiger partial charge in [-0.25, -0.2) is 0 Å². The van der Waals surface area contributed by atoms with E-state index in [9.17, 15) is 4.79 Å². The van der Waals surface area contributed by atoms with E-state index in [4.69, 9.17) is 4.74 Å². The molecule has 3 heteroatoms. The Hall–Kier alpha value is -0.410. The van der Waals surface area contributed by atoms with Crippen LogP contribution in [0.3, 0.4) is 0 Å². The average molecular weight is 201 g/mol. The molecular weight excluding hydrogens is 178 g/mol. The second kappa shape index (κ2) is 7.94. The van der Waals surface area contributed by atoms with E-state index in [-0.39, 0.29) is 5.92 Å². The summed E-state index contributed by atoms with van der Waals surface area (Å²) in [5.41, 5.74) is 0. The average Bonchev–Trinajstić information content (AvgIpc) is 2.16. The highest BCUT2D eigenvalue weighted by molar-refractivity contribution is 5.82. The van der Waals surface area contributed by atoms with Gasteiger partial charge in [-0.1, -0.05) is 13.8 Å². The van der Waals surface area contributed by atoms with Crippen LogP contribution in [0.5, 0.6) is 0 Å². The summed E-state index contributed by atoms with van der Waals surface area (Å²) in [5.74, 6) is 0.535. The van der Waals surface area contributed by atoms with Crippen molar-refractivity contribution in [3.63, 3.8) is 0 Å². The van der Waals surface area contributed by atoms with Gasteiger partial charge in [0.25, 0.3) is 0 Å². The number of methoxy groups -OCH3 is 1. The molecule has 1 atom stereocenters. The van der Waals surface area contributed by atoms with E-state index >= 15 is 0 Å². The molecule has 14 heavy (non-hydrogen) atoms. The quantitative estimate of drug-likeness (QED) is 0.558. The monoisotopic (exact) mass is 201 g/mol. The highest BCUT2D eigenvalue weighted by atomic mass is 16.5. The van der Waals surface area contributed by atoms with Crippen LogP contribution >= 0.6 is 0 Å². The summed E-state index contributed by atoms with van der Waals surface area (Å²) in [4.78, 5) is 13.6. The Morgan fingerprint density at radius 2 is 2.14 bits per heavy atom. The van der Waals surface area contributed by atoms with Crippen molar-refractivity contribution in [2.75, 3.05) is 33.9 Å². The molecule has 84 valence electrons. The van der Waals surface area contributed by atoms with Crippen molar-refractivity contribution in [3.05, 3.63) is 0 Å². The second-order valence-corrected chi connectivity index (χ2v) is 3.86. The molecule has 0 rings (SSSR count). The maximum absolute atomic E-state index is 11.5. The number of hydrogen-bond donors (Lipinski definition) is 0. The summed E-state index contributed by atoms with van der Waals surface area (Å²) in [6.07, 6.45) is 1.92. The van der Waals surface area contributed by atoms with Crippen LogP contribution in [-0.2, 0) is 9.53 Å². The third-order valence-electron chi connectivity index (χ3n) is 2.48. The second-order valence-electron chi connectivity index (χ2n) is 3.86. The first-order chi connectivity index (χ1) is 6.61. The molecule has 0 heterocycles. The van der Waals surface area contributed by atoms with Crippen molar-refractivity contribution in [2.24, 2.45) is 5.92 Å². The first-order valence-electron chi connectivity index (χ1n) is 5.32. The van der Waals surface area contributed by atoms with Gasteiger partial charge >= 0.3 is 0 Å². The molecule has 0 bridgehead atoms. The summed E-state index contributed by atoms with van der Waals surface area (Å²) >= 11 is 0. The molecule has 0 radical (unpaired) electrons. The summed E-state index contributed by atoms with van der Waals surface area (Å²) in [6, 6.07) is 0. The van der Waals surface area contributed by atoms with E-state index in [1.807, 2.05) is 20.9 Å². The number of nitrogens with zero attached hydrogens (tertiary/aromatic N) is 1. The lowest BCUT2D eigenvalue weighted by atomic mass is 10.0. The van der Waals surface area contributed by atoms with Gasteiger partial charge in [0.05, 0.1) is 6.54 Å². The number of likely N-dealkylation sites (N-methyl/N-ethyl adjacent to an activating group) is 1. The standard InChI is InChI=1S/C11H23NO2/c1-5-10(2)11(13)9-12(3)7-6-8-14-4/h10H,5-9H2,1-4H3. The fourth-order valence-corrected chi connectivity index (χ4v) is 1.21. The van der Waals surface area contributed by atoms with Crippen LogP contribution in [-0.4, -0.2) is 44.5 Å². The van der Waals surface area contributed by atoms with Gasteiger partial charge < -0.3 is 4.74 Å². The Morgan fingerprint density at radius 1 is 1.50 bits per heavy atom. The molecule has 0 spiro atoms. The van der Waals surface area contributed by atoms with Gasteiger partial charge in [0.2, 0.25) is 0 Å². The zero-order valence-electron chi connectivity index (χ0n) is 9.88. The molecule has 0 aromatic heterocycles. The third-order valence-corrected chi connectivity index (χ3v) is 2.48. The predicted molar refractivity (Wildman–Crippen MR) is 58.5 cm³/mol. The van der Waals surface area contributed by atoms with Crippen LogP contribution in [0, 0.1) is 5.92 Å². The van der Waals surface area contributed by atoms with Gasteiger partial charge in [-0.15, -0.1) is 0 Å². The van der Waals surface area contributed by atoms with Gasteiger partial charge in [0.1, 0.15) is 5.78 Å². The van der Waals surface area contributed by atoms with Crippen LogP contribution in [0.1, 0.15) is 26.7 Å². The predicted octanol–water partition coefficient (Wildman–Crippen LogP) is 1.57. The normalized spacial score (nSPS) is 13.2. The molecule has 0 N–H and O–H groups in total. The Kier molecular flexibility index (Phi) is 7.71. The highest BCUT2D eigenvalue weighted by Crippen LogP contribution is 2.03. The van der Waals surface area contributed by atoms with E-state index in [1.54, 1.807) is 7.11 Å². The van der Waals surface area contributed by atoms with Crippen LogP contribution < -0.4 is 0 Å². The molecule has 0 aliphatic heterocycles. The lowest BCUT2D eigenvalue weighted by molar-refractivity contribution is -0.123. The summed E-state index contributed by atoms with van der Waals surface area (Å²) in [6.45, 7) is 6.30. The van der Waals surface area contributed by atoms with Gasteiger partial charge in [-0.05, 0) is 19.9 Å². The molecule has 0 amide bonds. The summed E-state index contributed by atoms with van der Waals surface area (Å²) in [7, 11) is 3.68. The van der Waals surface area contributed by atoms with E-state index in [0.717, 1.165) is 26.0 Å². The molecule has 3 nitrogen and oxygen atoms in total. The van der Waals surface area contributed by atoms with Crippen molar-refractivity contribution in [2.45, 2.75) is 26.7 Å². The Balaban J connectivity index is 3.60. The fraction of sp³-hybridized carbons (Fsp3) is 0.909. The van der Waals surface area contributed by atoms with E-state index in [1.165, 1.54) is 0 Å². The number of hydrogen-bond acceptors (Lipinski definition) is 3. The third kappa shape index (κ3) is 6.11. The van der Waals surface area contributed by atoms with Gasteiger partial charge in [0.15, 0.2) is 0 Å². The number of Topliss-reactive ketones (excluding diaryl/α,β-unsaturated/α-hetero) is 1. The van der Waals surface area contributed by atoms with Crippen molar-refractivity contribution in [1.29, 1.82) is 0 Å². The van der Waals surface area contributed by atoms with E-state index in [2.05, 4.69) is 4.90 Å². The number of ether oxygens (including phenoxy) is 1. The van der Waals surface area contributed by atoms with Gasteiger partial charge in [0, 0.05) is 26.2 Å². The largest absolute Gasteiger partial charge is 0.385 e. The molecule has 0 aliphatic carbocycles. The molecule has 0 saturated heterocycles. The Bertz CT molecular complexity index is 159. The van der Waals surface area contributed by atoms with Gasteiger partial charge in [-0.3, -0.25) is 9.69 Å². The maximum Gasteiger partial charge on any atom is 0.149 e. The summed E-state index contributed by atoms with van der Waals surface area (Å²) in [5, 5.41) is 0. The number of ketones is 1. The van der Waals surface area contributed by atoms with E-state index < -0.39 is 0 Å². The van der Waals surface area contributed by atoms with Crippen molar-refractivity contribution in [1.82, 2.24) is 4.90 Å². The van der Waals surface area contributed by atoms with Crippen molar-refractivity contribution >= 4 is 5.78 Å².